The van der Waals surface area contributed by atoms with Crippen molar-refractivity contribution < 1.29 is 9.47 Å². The van der Waals surface area contributed by atoms with Crippen LogP contribution in [0.15, 0.2) is 11.4 Å². The highest BCUT2D eigenvalue weighted by molar-refractivity contribution is 7.14. The number of morpholine rings is 1. The van der Waals surface area contributed by atoms with Gasteiger partial charge in [0.25, 0.3) is 0 Å². The minimum atomic E-state index is 0.294. The van der Waals surface area contributed by atoms with E-state index in [9.17, 15) is 0 Å². The molecule has 25 heavy (non-hydrogen) atoms. The molecule has 3 aliphatic heterocycles. The number of halogens is 1. The summed E-state index contributed by atoms with van der Waals surface area (Å²) >= 11 is 7.70. The number of ether oxygens (including phenoxy) is 2. The Morgan fingerprint density at radius 3 is 2.60 bits per heavy atom. The molecule has 140 valence electrons. The molecule has 1 atom stereocenters. The van der Waals surface area contributed by atoms with Gasteiger partial charge in [-0.3, -0.25) is 9.80 Å². The lowest BCUT2D eigenvalue weighted by Gasteiger charge is -2.42. The van der Waals surface area contributed by atoms with Gasteiger partial charge in [-0.2, -0.15) is 0 Å². The Bertz CT molecular complexity index is 544. The van der Waals surface area contributed by atoms with E-state index in [-0.39, 0.29) is 0 Å². The van der Waals surface area contributed by atoms with Crippen LogP contribution in [0, 0.1) is 0 Å². The van der Waals surface area contributed by atoms with Crippen molar-refractivity contribution >= 4 is 28.6 Å². The van der Waals surface area contributed by atoms with E-state index in [0.717, 1.165) is 62.9 Å². The predicted molar refractivity (Wildman–Crippen MR) is 103 cm³/mol. The van der Waals surface area contributed by atoms with Gasteiger partial charge in [-0.05, 0) is 18.9 Å². The Balaban J connectivity index is 1.24. The molecule has 0 N–H and O–H groups in total. The van der Waals surface area contributed by atoms with Crippen molar-refractivity contribution in [2.24, 2.45) is 0 Å². The van der Waals surface area contributed by atoms with Gasteiger partial charge in [0.2, 0.25) is 0 Å². The maximum Gasteiger partial charge on any atom is 0.0949 e. The van der Waals surface area contributed by atoms with Crippen LogP contribution in [-0.4, -0.2) is 87.6 Å². The van der Waals surface area contributed by atoms with Crippen LogP contribution in [0.1, 0.15) is 12.8 Å². The molecule has 4 rings (SSSR count). The second-order valence-corrected chi connectivity index (χ2v) is 8.77. The summed E-state index contributed by atoms with van der Waals surface area (Å²) in [6, 6.07) is 2.81. The summed E-state index contributed by atoms with van der Waals surface area (Å²) in [6.45, 7) is 10.3. The lowest BCUT2D eigenvalue weighted by atomic mass is 10.1. The second-order valence-electron chi connectivity index (χ2n) is 7.23. The topological polar surface area (TPSA) is 28.2 Å². The fourth-order valence-electron chi connectivity index (χ4n) is 4.18. The third kappa shape index (κ3) is 4.67. The van der Waals surface area contributed by atoms with E-state index in [4.69, 9.17) is 21.1 Å². The average molecular weight is 386 g/mol. The van der Waals surface area contributed by atoms with Crippen molar-refractivity contribution in [3.8, 4) is 0 Å². The molecule has 0 radical (unpaired) electrons. The smallest absolute Gasteiger partial charge is 0.0949 e. The number of hydrogen-bond acceptors (Lipinski definition) is 6. The van der Waals surface area contributed by atoms with E-state index >= 15 is 0 Å². The van der Waals surface area contributed by atoms with E-state index in [1.165, 1.54) is 31.6 Å². The van der Waals surface area contributed by atoms with Gasteiger partial charge in [-0.15, -0.1) is 11.3 Å². The Morgan fingerprint density at radius 1 is 1.08 bits per heavy atom. The summed E-state index contributed by atoms with van der Waals surface area (Å²) in [5.41, 5.74) is 1.24. The molecule has 1 aromatic heterocycles. The first-order chi connectivity index (χ1) is 12.3. The number of piperazine rings is 1. The fraction of sp³-hybridized carbons (Fsp3) is 0.778. The molecule has 4 heterocycles. The highest BCUT2D eigenvalue weighted by Gasteiger charge is 2.28. The molecule has 1 aromatic rings. The zero-order chi connectivity index (χ0) is 17.1. The van der Waals surface area contributed by atoms with Gasteiger partial charge in [0.1, 0.15) is 0 Å². The molecule has 0 bridgehead atoms. The Morgan fingerprint density at radius 2 is 1.88 bits per heavy atom. The molecule has 3 fully saturated rings. The van der Waals surface area contributed by atoms with Crippen molar-refractivity contribution in [2.75, 3.05) is 70.5 Å². The molecule has 3 aliphatic rings. The van der Waals surface area contributed by atoms with Crippen molar-refractivity contribution in [3.63, 3.8) is 0 Å². The summed E-state index contributed by atoms with van der Waals surface area (Å²) in [4.78, 5) is 7.65. The molecule has 0 aliphatic carbocycles. The highest BCUT2D eigenvalue weighted by atomic mass is 35.5. The largest absolute Gasteiger partial charge is 0.381 e. The van der Waals surface area contributed by atoms with Crippen LogP contribution in [-0.2, 0) is 9.47 Å². The number of hydrogen-bond donors (Lipinski definition) is 0. The fourth-order valence-corrected chi connectivity index (χ4v) is 5.07. The van der Waals surface area contributed by atoms with Gasteiger partial charge < -0.3 is 14.4 Å². The number of anilines is 1. The number of rotatable bonds is 4. The van der Waals surface area contributed by atoms with Crippen LogP contribution in [0.4, 0.5) is 5.69 Å². The van der Waals surface area contributed by atoms with E-state index in [1.807, 2.05) is 0 Å². The standard InChI is InChI=1S/C18H28ClN3O2S/c19-18-11-16(14-25-18)22-7-10-24-17(13-22)12-20-3-5-21(6-4-20)15-1-8-23-9-2-15/h11,14-15,17H,1-10,12-13H2. The molecule has 0 amide bonds. The maximum absolute atomic E-state index is 6.09. The van der Waals surface area contributed by atoms with Crippen molar-refractivity contribution in [2.45, 2.75) is 25.0 Å². The average Bonchev–Trinajstić information content (AvgIpc) is 3.10. The first-order valence-electron chi connectivity index (χ1n) is 9.42. The molecule has 0 saturated carbocycles. The minimum absolute atomic E-state index is 0.294. The summed E-state index contributed by atoms with van der Waals surface area (Å²) in [7, 11) is 0. The second kappa shape index (κ2) is 8.55. The van der Waals surface area contributed by atoms with E-state index in [0.29, 0.717) is 6.10 Å². The Kier molecular flexibility index (Phi) is 6.16. The SMILES string of the molecule is Clc1cc(N2CCOC(CN3CCN(C4CCOCC4)CC3)C2)cs1. The van der Waals surface area contributed by atoms with Gasteiger partial charge in [0.15, 0.2) is 0 Å². The quantitative estimate of drug-likeness (QED) is 0.793. The van der Waals surface area contributed by atoms with Gasteiger partial charge >= 0.3 is 0 Å². The highest BCUT2D eigenvalue weighted by Crippen LogP contribution is 2.28. The molecule has 3 saturated heterocycles. The van der Waals surface area contributed by atoms with Crippen LogP contribution in [0.2, 0.25) is 4.34 Å². The first kappa shape index (κ1) is 18.0. The van der Waals surface area contributed by atoms with Crippen molar-refractivity contribution in [3.05, 3.63) is 15.8 Å². The lowest BCUT2D eigenvalue weighted by Crippen LogP contribution is -2.55. The number of thiophene rings is 1. The minimum Gasteiger partial charge on any atom is -0.381 e. The summed E-state index contributed by atoms with van der Waals surface area (Å²) < 4.78 is 12.4. The van der Waals surface area contributed by atoms with Crippen LogP contribution >= 0.6 is 22.9 Å². The van der Waals surface area contributed by atoms with Crippen molar-refractivity contribution in [1.82, 2.24) is 9.80 Å². The third-order valence-electron chi connectivity index (χ3n) is 5.63. The van der Waals surface area contributed by atoms with Crippen LogP contribution < -0.4 is 4.90 Å². The monoisotopic (exact) mass is 385 g/mol. The van der Waals surface area contributed by atoms with E-state index < -0.39 is 0 Å². The summed E-state index contributed by atoms with van der Waals surface area (Å²) in [5.74, 6) is 0. The molecule has 1 unspecified atom stereocenters. The zero-order valence-corrected chi connectivity index (χ0v) is 16.3. The molecule has 0 spiro atoms. The molecular formula is C18H28ClN3O2S. The van der Waals surface area contributed by atoms with Gasteiger partial charge in [0.05, 0.1) is 17.0 Å². The third-order valence-corrected chi connectivity index (χ3v) is 6.71. The van der Waals surface area contributed by atoms with Crippen LogP contribution in [0.25, 0.3) is 0 Å². The summed E-state index contributed by atoms with van der Waals surface area (Å²) in [5, 5.41) is 2.15. The van der Waals surface area contributed by atoms with Gasteiger partial charge in [0, 0.05) is 76.1 Å². The Hall–Kier alpha value is -0.370. The molecule has 0 aromatic carbocycles. The van der Waals surface area contributed by atoms with E-state index in [1.54, 1.807) is 11.3 Å². The van der Waals surface area contributed by atoms with Crippen LogP contribution in [0.5, 0.6) is 0 Å². The molecule has 7 heteroatoms. The maximum atomic E-state index is 6.09. The van der Waals surface area contributed by atoms with Crippen LogP contribution in [0.3, 0.4) is 0 Å². The predicted octanol–water partition coefficient (Wildman–Crippen LogP) is 2.40. The lowest BCUT2D eigenvalue weighted by molar-refractivity contribution is -0.0131. The Labute approximate surface area is 159 Å². The molecule has 5 nitrogen and oxygen atoms in total. The van der Waals surface area contributed by atoms with Gasteiger partial charge in [-0.25, -0.2) is 0 Å². The normalized spacial score (nSPS) is 27.7. The number of nitrogens with zero attached hydrogens (tertiary/aromatic N) is 3. The van der Waals surface area contributed by atoms with E-state index in [2.05, 4.69) is 26.1 Å². The first-order valence-corrected chi connectivity index (χ1v) is 10.7. The molecular weight excluding hydrogens is 358 g/mol. The zero-order valence-electron chi connectivity index (χ0n) is 14.7. The van der Waals surface area contributed by atoms with Crippen molar-refractivity contribution in [1.29, 1.82) is 0 Å². The van der Waals surface area contributed by atoms with Gasteiger partial charge in [-0.1, -0.05) is 11.6 Å². The summed E-state index contributed by atoms with van der Waals surface area (Å²) in [6.07, 6.45) is 2.69.